The molecule has 0 aromatic carbocycles. The number of carbonyl (C=O) groups is 2. The van der Waals surface area contributed by atoms with Gasteiger partial charge in [-0.25, -0.2) is 14.6 Å². The maximum Gasteiger partial charge on any atom is 0.354 e. The molecule has 7 heteroatoms. The molecule has 0 radical (unpaired) electrons. The van der Waals surface area contributed by atoms with Crippen LogP contribution >= 0.6 is 11.8 Å². The van der Waals surface area contributed by atoms with Gasteiger partial charge in [0.05, 0.1) is 11.9 Å². The van der Waals surface area contributed by atoms with Crippen molar-refractivity contribution in [1.29, 1.82) is 0 Å². The molecule has 21 heavy (non-hydrogen) atoms. The fraction of sp³-hybridized carbons (Fsp3) is 0.500. The van der Waals surface area contributed by atoms with E-state index in [9.17, 15) is 9.59 Å². The predicted octanol–water partition coefficient (Wildman–Crippen LogP) is 2.58. The quantitative estimate of drug-likeness (QED) is 0.777. The van der Waals surface area contributed by atoms with Gasteiger partial charge in [0.25, 0.3) is 0 Å². The van der Waals surface area contributed by atoms with E-state index in [0.717, 1.165) is 12.8 Å². The van der Waals surface area contributed by atoms with Crippen molar-refractivity contribution in [3.05, 3.63) is 24.0 Å². The number of carbonyl (C=O) groups excluding carboxylic acids is 1. The molecule has 2 amide bonds. The number of carboxylic acids is 1. The molecule has 1 aliphatic rings. The van der Waals surface area contributed by atoms with E-state index in [1.54, 1.807) is 0 Å². The van der Waals surface area contributed by atoms with Crippen LogP contribution in [0.2, 0.25) is 0 Å². The number of amides is 2. The molecule has 0 unspecified atom stereocenters. The Morgan fingerprint density at radius 3 is 2.62 bits per heavy atom. The number of nitrogens with one attached hydrogen (secondary N) is 2. The van der Waals surface area contributed by atoms with E-state index in [1.165, 1.54) is 31.2 Å². The molecule has 0 spiro atoms. The zero-order valence-electron chi connectivity index (χ0n) is 11.9. The summed E-state index contributed by atoms with van der Waals surface area (Å²) >= 11 is 1.81. The van der Waals surface area contributed by atoms with Crippen molar-refractivity contribution in [2.75, 3.05) is 18.1 Å². The minimum absolute atomic E-state index is 0.0479. The number of aromatic carboxylic acids is 1. The van der Waals surface area contributed by atoms with Crippen molar-refractivity contribution in [3.63, 3.8) is 0 Å². The van der Waals surface area contributed by atoms with Crippen molar-refractivity contribution in [1.82, 2.24) is 10.3 Å². The van der Waals surface area contributed by atoms with Crippen LogP contribution in [0.1, 0.15) is 36.2 Å². The molecular formula is C14H19N3O3S. The van der Waals surface area contributed by atoms with Crippen LogP contribution in [0.5, 0.6) is 0 Å². The summed E-state index contributed by atoms with van der Waals surface area (Å²) in [6.45, 7) is 0.640. The number of hydrogen-bond donors (Lipinski definition) is 3. The Bertz CT molecular complexity index is 513. The molecule has 1 saturated carbocycles. The summed E-state index contributed by atoms with van der Waals surface area (Å²) < 4.78 is 0.156. The highest BCUT2D eigenvalue weighted by molar-refractivity contribution is 8.00. The molecule has 3 N–H and O–H groups in total. The minimum Gasteiger partial charge on any atom is -0.477 e. The fourth-order valence-corrected chi connectivity index (χ4v) is 3.40. The third-order valence-corrected chi connectivity index (χ3v) is 5.18. The van der Waals surface area contributed by atoms with Gasteiger partial charge >= 0.3 is 12.0 Å². The van der Waals surface area contributed by atoms with E-state index < -0.39 is 5.97 Å². The maximum absolute atomic E-state index is 11.9. The van der Waals surface area contributed by atoms with Gasteiger partial charge in [0.15, 0.2) is 0 Å². The number of aromatic nitrogens is 1. The monoisotopic (exact) mass is 309 g/mol. The third kappa shape index (κ3) is 4.10. The van der Waals surface area contributed by atoms with Gasteiger partial charge < -0.3 is 15.7 Å². The third-order valence-electron chi connectivity index (χ3n) is 3.76. The molecule has 2 rings (SSSR count). The molecule has 1 aliphatic carbocycles. The van der Waals surface area contributed by atoms with Gasteiger partial charge in [-0.1, -0.05) is 12.8 Å². The predicted molar refractivity (Wildman–Crippen MR) is 82.9 cm³/mol. The minimum atomic E-state index is -1.09. The van der Waals surface area contributed by atoms with E-state index in [1.807, 2.05) is 11.8 Å². The first kappa shape index (κ1) is 15.6. The number of hydrogen-bond acceptors (Lipinski definition) is 4. The number of anilines is 1. The second-order valence-corrected chi connectivity index (χ2v) is 6.41. The van der Waals surface area contributed by atoms with Crippen LogP contribution in [-0.4, -0.2) is 39.6 Å². The largest absolute Gasteiger partial charge is 0.477 e. The first-order chi connectivity index (χ1) is 10.0. The number of nitrogens with zero attached hydrogens (tertiary/aromatic N) is 1. The molecule has 0 aliphatic heterocycles. The van der Waals surface area contributed by atoms with Gasteiger partial charge in [0, 0.05) is 11.3 Å². The second-order valence-electron chi connectivity index (χ2n) is 5.14. The van der Waals surface area contributed by atoms with Crippen LogP contribution in [0.4, 0.5) is 10.5 Å². The summed E-state index contributed by atoms with van der Waals surface area (Å²) in [5.74, 6) is -1.09. The standard InChI is InChI=1S/C14H19N3O3S/c1-21-14(6-2-3-7-14)9-16-13(20)17-10-4-5-11(12(18)19)15-8-10/h4-5,8H,2-3,6-7,9H2,1H3,(H,18,19)(H2,16,17,20). The maximum atomic E-state index is 11.9. The summed E-state index contributed by atoms with van der Waals surface area (Å²) in [5.41, 5.74) is 0.426. The average Bonchev–Trinajstić information content (AvgIpc) is 2.95. The normalized spacial score (nSPS) is 16.4. The highest BCUT2D eigenvalue weighted by atomic mass is 32.2. The van der Waals surface area contributed by atoms with E-state index in [0.29, 0.717) is 12.2 Å². The Kier molecular flexibility index (Phi) is 5.06. The SMILES string of the molecule is CSC1(CNC(=O)Nc2ccc(C(=O)O)nc2)CCCC1. The highest BCUT2D eigenvalue weighted by Gasteiger charge is 2.33. The number of thioether (sulfide) groups is 1. The van der Waals surface area contributed by atoms with Crippen molar-refractivity contribution >= 4 is 29.4 Å². The highest BCUT2D eigenvalue weighted by Crippen LogP contribution is 2.39. The molecule has 1 aromatic heterocycles. The van der Waals surface area contributed by atoms with Gasteiger partial charge in [-0.3, -0.25) is 0 Å². The Morgan fingerprint density at radius 1 is 1.38 bits per heavy atom. The number of carboxylic acid groups (broad SMARTS) is 1. The molecule has 6 nitrogen and oxygen atoms in total. The first-order valence-corrected chi connectivity index (χ1v) is 8.06. The van der Waals surface area contributed by atoms with E-state index in [2.05, 4.69) is 21.9 Å². The molecule has 0 bridgehead atoms. The topological polar surface area (TPSA) is 91.3 Å². The number of pyridine rings is 1. The summed E-state index contributed by atoms with van der Waals surface area (Å²) in [6.07, 6.45) is 8.10. The summed E-state index contributed by atoms with van der Waals surface area (Å²) in [7, 11) is 0. The Labute approximate surface area is 127 Å². The smallest absolute Gasteiger partial charge is 0.354 e. The van der Waals surface area contributed by atoms with E-state index in [-0.39, 0.29) is 16.5 Å². The van der Waals surface area contributed by atoms with Gasteiger partial charge in [-0.15, -0.1) is 0 Å². The molecule has 1 heterocycles. The summed E-state index contributed by atoms with van der Waals surface area (Å²) in [4.78, 5) is 26.3. The van der Waals surface area contributed by atoms with Crippen LogP contribution in [0, 0.1) is 0 Å². The molecule has 114 valence electrons. The summed E-state index contributed by atoms with van der Waals surface area (Å²) in [6, 6.07) is 2.59. The summed E-state index contributed by atoms with van der Waals surface area (Å²) in [5, 5.41) is 14.3. The molecule has 0 atom stereocenters. The lowest BCUT2D eigenvalue weighted by Gasteiger charge is -2.26. The molecular weight excluding hydrogens is 290 g/mol. The lowest BCUT2D eigenvalue weighted by molar-refractivity contribution is 0.0690. The zero-order valence-corrected chi connectivity index (χ0v) is 12.7. The van der Waals surface area contributed by atoms with Gasteiger partial charge in [-0.05, 0) is 31.2 Å². The van der Waals surface area contributed by atoms with E-state index >= 15 is 0 Å². The van der Waals surface area contributed by atoms with Crippen LogP contribution < -0.4 is 10.6 Å². The fourth-order valence-electron chi connectivity index (χ4n) is 2.48. The number of rotatable bonds is 5. The van der Waals surface area contributed by atoms with Crippen LogP contribution in [0.3, 0.4) is 0 Å². The van der Waals surface area contributed by atoms with Crippen LogP contribution in [0.15, 0.2) is 18.3 Å². The number of urea groups is 1. The first-order valence-electron chi connectivity index (χ1n) is 6.84. The van der Waals surface area contributed by atoms with Crippen molar-refractivity contribution in [2.24, 2.45) is 0 Å². The van der Waals surface area contributed by atoms with Crippen LogP contribution in [0.25, 0.3) is 0 Å². The Balaban J connectivity index is 1.85. The van der Waals surface area contributed by atoms with Crippen molar-refractivity contribution < 1.29 is 14.7 Å². The zero-order chi connectivity index (χ0) is 15.3. The van der Waals surface area contributed by atoms with Gasteiger partial charge in [0.2, 0.25) is 0 Å². The second kappa shape index (κ2) is 6.80. The molecule has 1 fully saturated rings. The Hall–Kier alpha value is -1.76. The van der Waals surface area contributed by atoms with Gasteiger partial charge in [0.1, 0.15) is 5.69 Å². The van der Waals surface area contributed by atoms with Crippen molar-refractivity contribution in [3.8, 4) is 0 Å². The lowest BCUT2D eigenvalue weighted by Crippen LogP contribution is -2.40. The van der Waals surface area contributed by atoms with Crippen LogP contribution in [-0.2, 0) is 0 Å². The lowest BCUT2D eigenvalue weighted by atomic mass is 10.1. The van der Waals surface area contributed by atoms with Crippen molar-refractivity contribution in [2.45, 2.75) is 30.4 Å². The Morgan fingerprint density at radius 2 is 2.10 bits per heavy atom. The molecule has 1 aromatic rings. The van der Waals surface area contributed by atoms with E-state index in [4.69, 9.17) is 5.11 Å². The van der Waals surface area contributed by atoms with Gasteiger partial charge in [-0.2, -0.15) is 11.8 Å². The molecule has 0 saturated heterocycles. The average molecular weight is 309 g/mol.